The van der Waals surface area contributed by atoms with Crippen molar-refractivity contribution in [2.75, 3.05) is 0 Å². The van der Waals surface area contributed by atoms with Crippen LogP contribution in [0.1, 0.15) is 31.8 Å². The number of ketones is 2. The van der Waals surface area contributed by atoms with Crippen LogP contribution in [0.15, 0.2) is 258 Å². The first kappa shape index (κ1) is 39.8. The maximum Gasteiger partial charge on any atom is 0.196 e. The van der Waals surface area contributed by atoms with Gasteiger partial charge in [-0.15, -0.1) is 0 Å². The summed E-state index contributed by atoms with van der Waals surface area (Å²) in [4.78, 5) is 37.9. The third kappa shape index (κ3) is 8.35. The van der Waals surface area contributed by atoms with E-state index in [4.69, 9.17) is 0 Å². The van der Waals surface area contributed by atoms with Gasteiger partial charge in [0.05, 0.1) is 0 Å². The van der Waals surface area contributed by atoms with Crippen molar-refractivity contribution in [3.05, 3.63) is 241 Å². The van der Waals surface area contributed by atoms with E-state index in [9.17, 15) is 0 Å². The number of rotatable bonds is 11. The first-order valence-corrected chi connectivity index (χ1v) is 23.5. The van der Waals surface area contributed by atoms with Crippen LogP contribution in [-0.2, 0) is 0 Å². The fraction of sp³-hybridized carbons (Fsp3) is 0. The van der Waals surface area contributed by atoms with E-state index in [1.165, 1.54) is 23.5 Å². The van der Waals surface area contributed by atoms with Gasteiger partial charge in [-0.3, -0.25) is 9.59 Å². The SMILES string of the molecule is O=C1c2ccc(Sc3ccc(-c4ccccc4)cc3)c(Sc3ccc(-c4ccccc4)cc3)c2C(=O)c2c(Sc3ccc(-c4ccccc4)cc3)ccc(Sc3ccccc3)c21. The summed E-state index contributed by atoms with van der Waals surface area (Å²) in [6.45, 7) is 0. The van der Waals surface area contributed by atoms with Gasteiger partial charge >= 0.3 is 0 Å². The Hall–Kier alpha value is -6.28. The minimum absolute atomic E-state index is 0.139. The molecule has 0 saturated carbocycles. The highest BCUT2D eigenvalue weighted by molar-refractivity contribution is 8.02. The molecule has 0 fully saturated rings. The molecule has 6 heteroatoms. The third-order valence-corrected chi connectivity index (χ3v) is 15.2. The molecule has 1 aliphatic rings. The smallest absolute Gasteiger partial charge is 0.196 e. The molecule has 296 valence electrons. The van der Waals surface area contributed by atoms with Gasteiger partial charge in [-0.05, 0) is 106 Å². The van der Waals surface area contributed by atoms with Crippen LogP contribution in [0, 0.1) is 0 Å². The summed E-state index contributed by atoms with van der Waals surface area (Å²) in [6, 6.07) is 74.3. The zero-order valence-electron chi connectivity index (χ0n) is 33.2. The molecule has 0 amide bonds. The van der Waals surface area contributed by atoms with Gasteiger partial charge in [0, 0.05) is 61.4 Å². The molecule has 1 aliphatic carbocycles. The Morgan fingerprint density at radius 3 is 1.00 bits per heavy atom. The summed E-state index contributed by atoms with van der Waals surface area (Å²) in [5, 5.41) is 0. The van der Waals surface area contributed by atoms with Crippen molar-refractivity contribution < 1.29 is 9.59 Å². The summed E-state index contributed by atoms with van der Waals surface area (Å²) < 4.78 is 0. The molecule has 0 heterocycles. The van der Waals surface area contributed by atoms with Crippen molar-refractivity contribution in [1.29, 1.82) is 0 Å². The fourth-order valence-corrected chi connectivity index (χ4v) is 11.7. The Kier molecular flexibility index (Phi) is 11.6. The normalized spacial score (nSPS) is 11.9. The standard InChI is InChI=1S/C56H36O2S4/c57-54-47-33-34-50(61-45-29-23-41(24-30-45)38-15-7-2-8-16-38)56(62-46-31-25-42(26-32-46)39-17-9-3-10-18-39)51(47)55(58)53-49(36-35-48(52(53)54)59-43-19-11-4-12-20-43)60-44-27-21-40(22-28-44)37-13-5-1-6-14-37/h1-36H. The Labute approximate surface area is 378 Å². The number of fused-ring (bicyclic) bond motifs is 2. The quantitative estimate of drug-likeness (QED) is 0.129. The van der Waals surface area contributed by atoms with Crippen molar-refractivity contribution in [1.82, 2.24) is 0 Å². The summed E-state index contributed by atoms with van der Waals surface area (Å²) in [5.41, 5.74) is 8.59. The Bertz CT molecular complexity index is 3040. The average molecular weight is 869 g/mol. The van der Waals surface area contributed by atoms with Gasteiger partial charge in [-0.25, -0.2) is 0 Å². The molecule has 62 heavy (non-hydrogen) atoms. The lowest BCUT2D eigenvalue weighted by molar-refractivity contribution is 0.0972. The van der Waals surface area contributed by atoms with Gasteiger partial charge in [0.15, 0.2) is 11.6 Å². The largest absolute Gasteiger partial charge is 0.289 e. The first-order valence-electron chi connectivity index (χ1n) is 20.2. The molecule has 9 aromatic rings. The van der Waals surface area contributed by atoms with Crippen molar-refractivity contribution in [3.8, 4) is 33.4 Å². The van der Waals surface area contributed by atoms with Gasteiger partial charge in [0.25, 0.3) is 0 Å². The lowest BCUT2D eigenvalue weighted by Crippen LogP contribution is -2.24. The molecule has 0 atom stereocenters. The zero-order chi connectivity index (χ0) is 41.8. The maximum absolute atomic E-state index is 15.6. The number of hydrogen-bond acceptors (Lipinski definition) is 6. The van der Waals surface area contributed by atoms with Crippen molar-refractivity contribution in [2.24, 2.45) is 0 Å². The number of carbonyl (C=O) groups is 2. The minimum Gasteiger partial charge on any atom is -0.289 e. The van der Waals surface area contributed by atoms with Crippen LogP contribution in [0.4, 0.5) is 0 Å². The van der Waals surface area contributed by atoms with Crippen LogP contribution in [0.5, 0.6) is 0 Å². The second kappa shape index (κ2) is 18.0. The highest BCUT2D eigenvalue weighted by Crippen LogP contribution is 2.49. The molecule has 0 unspecified atom stereocenters. The summed E-state index contributed by atoms with van der Waals surface area (Å²) in [5.74, 6) is -0.279. The van der Waals surface area contributed by atoms with E-state index in [0.29, 0.717) is 22.3 Å². The summed E-state index contributed by atoms with van der Waals surface area (Å²) in [6.07, 6.45) is 0. The van der Waals surface area contributed by atoms with E-state index < -0.39 is 0 Å². The predicted octanol–water partition coefficient (Wildman–Crippen LogP) is 16.1. The molecule has 0 radical (unpaired) electrons. The van der Waals surface area contributed by atoms with E-state index in [2.05, 4.69) is 109 Å². The molecule has 0 aromatic heterocycles. The topological polar surface area (TPSA) is 34.1 Å². The van der Waals surface area contributed by atoms with Crippen molar-refractivity contribution in [2.45, 2.75) is 39.2 Å². The predicted molar refractivity (Wildman–Crippen MR) is 258 cm³/mol. The summed E-state index contributed by atoms with van der Waals surface area (Å²) in [7, 11) is 0. The average Bonchev–Trinajstić information content (AvgIpc) is 3.33. The van der Waals surface area contributed by atoms with E-state index >= 15 is 9.59 Å². The van der Waals surface area contributed by atoms with E-state index in [1.807, 2.05) is 109 Å². The molecule has 0 spiro atoms. The second-order valence-electron chi connectivity index (χ2n) is 14.7. The van der Waals surface area contributed by atoms with E-state index in [-0.39, 0.29) is 11.6 Å². The Morgan fingerprint density at radius 1 is 0.242 bits per heavy atom. The van der Waals surface area contributed by atoms with Gasteiger partial charge in [-0.1, -0.05) is 193 Å². The molecule has 2 nitrogen and oxygen atoms in total. The maximum atomic E-state index is 15.6. The molecular weight excluding hydrogens is 833 g/mol. The Morgan fingerprint density at radius 2 is 0.565 bits per heavy atom. The van der Waals surface area contributed by atoms with Crippen molar-refractivity contribution in [3.63, 3.8) is 0 Å². The molecule has 0 N–H and O–H groups in total. The molecule has 0 bridgehead atoms. The van der Waals surface area contributed by atoms with E-state index in [0.717, 1.165) is 72.5 Å². The van der Waals surface area contributed by atoms with Gasteiger partial charge in [0.1, 0.15) is 0 Å². The minimum atomic E-state index is -0.140. The molecular formula is C56H36O2S4. The van der Waals surface area contributed by atoms with Crippen LogP contribution < -0.4 is 0 Å². The number of hydrogen-bond donors (Lipinski definition) is 0. The summed E-state index contributed by atoms with van der Waals surface area (Å²) >= 11 is 6.19. The number of benzene rings is 9. The zero-order valence-corrected chi connectivity index (χ0v) is 36.5. The van der Waals surface area contributed by atoms with Crippen LogP contribution in [0.3, 0.4) is 0 Å². The highest BCUT2D eigenvalue weighted by Gasteiger charge is 2.37. The van der Waals surface area contributed by atoms with E-state index in [1.54, 1.807) is 23.5 Å². The first-order chi connectivity index (χ1) is 30.6. The molecule has 0 saturated heterocycles. The monoisotopic (exact) mass is 868 g/mol. The van der Waals surface area contributed by atoms with Crippen LogP contribution >= 0.6 is 47.0 Å². The lowest BCUT2D eigenvalue weighted by atomic mass is 9.84. The van der Waals surface area contributed by atoms with Crippen molar-refractivity contribution >= 4 is 58.6 Å². The molecule has 9 aromatic carbocycles. The van der Waals surface area contributed by atoms with Crippen LogP contribution in [-0.4, -0.2) is 11.6 Å². The molecule has 10 rings (SSSR count). The lowest BCUT2D eigenvalue weighted by Gasteiger charge is -2.25. The highest BCUT2D eigenvalue weighted by atomic mass is 32.2. The third-order valence-electron chi connectivity index (χ3n) is 10.7. The number of carbonyl (C=O) groups excluding carboxylic acids is 2. The fourth-order valence-electron chi connectivity index (χ4n) is 7.63. The second-order valence-corrected chi connectivity index (χ2v) is 19.1. The van der Waals surface area contributed by atoms with Gasteiger partial charge in [0.2, 0.25) is 0 Å². The van der Waals surface area contributed by atoms with Gasteiger partial charge in [-0.2, -0.15) is 0 Å². The van der Waals surface area contributed by atoms with Gasteiger partial charge < -0.3 is 0 Å². The Balaban J connectivity index is 1.08. The van der Waals surface area contributed by atoms with Crippen LogP contribution in [0.25, 0.3) is 33.4 Å². The molecule has 0 aliphatic heterocycles. The van der Waals surface area contributed by atoms with Crippen LogP contribution in [0.2, 0.25) is 0 Å².